The quantitative estimate of drug-likeness (QED) is 0.195. The molecule has 1 aliphatic carbocycles. The van der Waals surface area contributed by atoms with E-state index in [1.807, 2.05) is 18.2 Å². The zero-order valence-corrected chi connectivity index (χ0v) is 27.2. The molecule has 0 bridgehead atoms. The minimum absolute atomic E-state index is 0.0721. The van der Waals surface area contributed by atoms with Crippen molar-refractivity contribution in [3.05, 3.63) is 88.5 Å². The topological polar surface area (TPSA) is 35.5 Å². The van der Waals surface area contributed by atoms with Gasteiger partial charge in [-0.25, -0.2) is 0 Å². The maximum absolute atomic E-state index is 12.1. The molecule has 1 unspecified atom stereocenters. The van der Waals surface area contributed by atoms with Crippen molar-refractivity contribution in [1.29, 1.82) is 0 Å². The SMILES string of the molecule is C[SiH](C)OC(Cc1ccc(-c2c(C=O)cccc2OCc2ccc3c(c2)C(C)(C)CCC3(C)C)cc1)C(C)(C)C. The average molecular weight is 557 g/mol. The number of rotatable bonds is 9. The predicted octanol–water partition coefficient (Wildman–Crippen LogP) is 9.05. The lowest BCUT2D eigenvalue weighted by Gasteiger charge is -2.42. The third-order valence-electron chi connectivity index (χ3n) is 8.56. The molecule has 0 heterocycles. The molecule has 0 radical (unpaired) electrons. The molecule has 0 N–H and O–H groups in total. The average Bonchev–Trinajstić information content (AvgIpc) is 2.89. The van der Waals surface area contributed by atoms with Crippen LogP contribution in [0.5, 0.6) is 5.75 Å². The van der Waals surface area contributed by atoms with Crippen molar-refractivity contribution < 1.29 is 14.0 Å². The summed E-state index contributed by atoms with van der Waals surface area (Å²) in [6, 6.07) is 21.1. The normalized spacial score (nSPS) is 16.9. The van der Waals surface area contributed by atoms with Crippen LogP contribution >= 0.6 is 0 Å². The van der Waals surface area contributed by atoms with E-state index in [0.717, 1.165) is 35.1 Å². The van der Waals surface area contributed by atoms with Crippen molar-refractivity contribution in [1.82, 2.24) is 0 Å². The summed E-state index contributed by atoms with van der Waals surface area (Å²) in [4.78, 5) is 12.1. The van der Waals surface area contributed by atoms with Crippen molar-refractivity contribution in [3.8, 4) is 16.9 Å². The standard InChI is InChI=1S/C36H48O3Si/c1-34(2,3)32(39-40(8)9)22-25-13-16-27(17-14-25)33-28(23-37)11-10-12-31(33)38-24-26-15-18-29-30(21-26)36(6,7)20-19-35(29,4)5/h10-18,21,23,32,40H,19-20,22,24H2,1-9H3. The fraction of sp³-hybridized carbons (Fsp3) is 0.472. The molecule has 0 amide bonds. The minimum atomic E-state index is -1.16. The minimum Gasteiger partial charge on any atom is -0.488 e. The third-order valence-corrected chi connectivity index (χ3v) is 9.44. The van der Waals surface area contributed by atoms with Crippen LogP contribution in [0.15, 0.2) is 60.7 Å². The fourth-order valence-electron chi connectivity index (χ4n) is 5.87. The predicted molar refractivity (Wildman–Crippen MR) is 170 cm³/mol. The Morgan fingerprint density at radius 2 is 1.50 bits per heavy atom. The van der Waals surface area contributed by atoms with Gasteiger partial charge in [0.15, 0.2) is 15.3 Å². The molecular weight excluding hydrogens is 508 g/mol. The first-order chi connectivity index (χ1) is 18.7. The van der Waals surface area contributed by atoms with E-state index < -0.39 is 9.04 Å². The number of hydrogen-bond acceptors (Lipinski definition) is 3. The molecule has 0 fully saturated rings. The Balaban J connectivity index is 1.59. The lowest BCUT2D eigenvalue weighted by Crippen LogP contribution is -2.35. The zero-order valence-electron chi connectivity index (χ0n) is 26.1. The van der Waals surface area contributed by atoms with Crippen molar-refractivity contribution in [2.75, 3.05) is 0 Å². The van der Waals surface area contributed by atoms with Crippen LogP contribution in [0.4, 0.5) is 0 Å². The highest BCUT2D eigenvalue weighted by Crippen LogP contribution is 2.46. The van der Waals surface area contributed by atoms with Crippen molar-refractivity contribution in [2.45, 2.75) is 104 Å². The van der Waals surface area contributed by atoms with Gasteiger partial charge in [0, 0.05) is 11.1 Å². The Labute approximate surface area is 244 Å². The van der Waals surface area contributed by atoms with Crippen LogP contribution in [-0.2, 0) is 28.3 Å². The van der Waals surface area contributed by atoms with E-state index in [4.69, 9.17) is 9.16 Å². The first kappa shape index (κ1) is 30.3. The molecule has 3 nitrogen and oxygen atoms in total. The number of benzene rings is 3. The molecule has 3 aromatic carbocycles. The van der Waals surface area contributed by atoms with E-state index >= 15 is 0 Å². The molecule has 4 rings (SSSR count). The zero-order chi connectivity index (χ0) is 29.3. The fourth-order valence-corrected chi connectivity index (χ4v) is 7.03. The molecular formula is C36H48O3Si. The molecule has 214 valence electrons. The van der Waals surface area contributed by atoms with E-state index in [0.29, 0.717) is 12.2 Å². The summed E-state index contributed by atoms with van der Waals surface area (Å²) in [7, 11) is -1.16. The number of carbonyl (C=O) groups excluding carboxylic acids is 1. The molecule has 1 atom stereocenters. The van der Waals surface area contributed by atoms with E-state index in [-0.39, 0.29) is 22.3 Å². The lowest BCUT2D eigenvalue weighted by molar-refractivity contribution is 0.0867. The molecule has 0 spiro atoms. The summed E-state index contributed by atoms with van der Waals surface area (Å²) in [5.41, 5.74) is 8.17. The van der Waals surface area contributed by atoms with E-state index in [1.54, 1.807) is 0 Å². The van der Waals surface area contributed by atoms with Gasteiger partial charge in [-0.3, -0.25) is 4.79 Å². The highest BCUT2D eigenvalue weighted by molar-refractivity contribution is 6.48. The third kappa shape index (κ3) is 6.78. The van der Waals surface area contributed by atoms with Crippen LogP contribution < -0.4 is 4.74 Å². The molecule has 1 aliphatic rings. The van der Waals surface area contributed by atoms with Gasteiger partial charge in [0.1, 0.15) is 12.4 Å². The molecule has 0 aliphatic heterocycles. The molecule has 0 saturated carbocycles. The summed E-state index contributed by atoms with van der Waals surface area (Å²) in [6.45, 7) is 21.1. The van der Waals surface area contributed by atoms with E-state index in [1.165, 1.54) is 29.5 Å². The van der Waals surface area contributed by atoms with Crippen molar-refractivity contribution >= 4 is 15.3 Å². The second-order valence-corrected chi connectivity index (χ2v) is 16.6. The van der Waals surface area contributed by atoms with Crippen molar-refractivity contribution in [3.63, 3.8) is 0 Å². The second kappa shape index (κ2) is 11.7. The van der Waals surface area contributed by atoms with Crippen LogP contribution in [0.3, 0.4) is 0 Å². The molecule has 4 heteroatoms. The smallest absolute Gasteiger partial charge is 0.171 e. The molecule has 40 heavy (non-hydrogen) atoms. The highest BCUT2D eigenvalue weighted by atomic mass is 28.3. The van der Waals surface area contributed by atoms with E-state index in [9.17, 15) is 4.79 Å². The Morgan fingerprint density at radius 3 is 2.10 bits per heavy atom. The van der Waals surface area contributed by atoms with Crippen LogP contribution in [0.1, 0.15) is 93.9 Å². The van der Waals surface area contributed by atoms with Gasteiger partial charge in [-0.1, -0.05) is 103 Å². The number of hydrogen-bond donors (Lipinski definition) is 0. The van der Waals surface area contributed by atoms with Crippen LogP contribution in [0, 0.1) is 5.41 Å². The second-order valence-electron chi connectivity index (χ2n) is 14.2. The van der Waals surface area contributed by atoms with Crippen LogP contribution in [-0.4, -0.2) is 21.4 Å². The lowest BCUT2D eigenvalue weighted by atomic mass is 9.63. The van der Waals surface area contributed by atoms with Gasteiger partial charge in [0.05, 0.1) is 6.10 Å². The number of fused-ring (bicyclic) bond motifs is 1. The Hall–Kier alpha value is -2.69. The summed E-state index contributed by atoms with van der Waals surface area (Å²) < 4.78 is 12.8. The van der Waals surface area contributed by atoms with Gasteiger partial charge < -0.3 is 9.16 Å². The number of aldehydes is 1. The Morgan fingerprint density at radius 1 is 0.875 bits per heavy atom. The monoisotopic (exact) mass is 556 g/mol. The summed E-state index contributed by atoms with van der Waals surface area (Å²) in [5.74, 6) is 0.733. The first-order valence-corrected chi connectivity index (χ1v) is 17.6. The maximum Gasteiger partial charge on any atom is 0.171 e. The van der Waals surface area contributed by atoms with Gasteiger partial charge in [-0.05, 0) is 82.5 Å². The van der Waals surface area contributed by atoms with Gasteiger partial charge in [0.25, 0.3) is 0 Å². The molecule has 0 aromatic heterocycles. The van der Waals surface area contributed by atoms with Gasteiger partial charge in [-0.15, -0.1) is 0 Å². The van der Waals surface area contributed by atoms with E-state index in [2.05, 4.69) is 104 Å². The van der Waals surface area contributed by atoms with Crippen LogP contribution in [0.2, 0.25) is 13.1 Å². The van der Waals surface area contributed by atoms with Gasteiger partial charge in [-0.2, -0.15) is 0 Å². The number of carbonyl (C=O) groups is 1. The highest BCUT2D eigenvalue weighted by Gasteiger charge is 2.37. The summed E-state index contributed by atoms with van der Waals surface area (Å²) in [5, 5.41) is 0. The first-order valence-electron chi connectivity index (χ1n) is 14.8. The Bertz CT molecular complexity index is 1330. The van der Waals surface area contributed by atoms with Crippen molar-refractivity contribution in [2.24, 2.45) is 5.41 Å². The maximum atomic E-state index is 12.1. The summed E-state index contributed by atoms with van der Waals surface area (Å²) >= 11 is 0. The summed E-state index contributed by atoms with van der Waals surface area (Å²) in [6.07, 6.45) is 4.36. The largest absolute Gasteiger partial charge is 0.488 e. The van der Waals surface area contributed by atoms with Crippen LogP contribution in [0.25, 0.3) is 11.1 Å². The van der Waals surface area contributed by atoms with Gasteiger partial charge >= 0.3 is 0 Å². The van der Waals surface area contributed by atoms with Gasteiger partial charge in [0.2, 0.25) is 0 Å². The molecule has 3 aromatic rings. The number of ether oxygens (including phenoxy) is 1. The molecule has 0 saturated heterocycles. The Kier molecular flexibility index (Phi) is 8.82.